The molecule has 0 aromatic heterocycles. The summed E-state index contributed by atoms with van der Waals surface area (Å²) < 4.78 is 10.3. The second-order valence-corrected chi connectivity index (χ2v) is 7.78. The van der Waals surface area contributed by atoms with Crippen LogP contribution in [0.15, 0.2) is 18.2 Å². The Hall–Kier alpha value is -2.79. The molecule has 1 aliphatic heterocycles. The molecule has 1 aromatic carbocycles. The van der Waals surface area contributed by atoms with Crippen LogP contribution in [0.3, 0.4) is 0 Å². The Labute approximate surface area is 174 Å². The fourth-order valence-electron chi connectivity index (χ4n) is 2.85. The number of nitriles is 1. The fraction of sp³-hybridized carbons (Fsp3) is 0.500. The molecule has 0 aliphatic carbocycles. The highest BCUT2D eigenvalue weighted by Crippen LogP contribution is 2.35. The Balaban J connectivity index is 1.99. The van der Waals surface area contributed by atoms with Gasteiger partial charge in [-0.15, -0.1) is 0 Å². The Morgan fingerprint density at radius 2 is 2.14 bits per heavy atom. The number of ether oxygens (including phenoxy) is 2. The van der Waals surface area contributed by atoms with Gasteiger partial charge in [0.1, 0.15) is 11.3 Å². The molecular weight excluding hydrogens is 398 g/mol. The van der Waals surface area contributed by atoms with Crippen molar-refractivity contribution in [3.63, 3.8) is 0 Å². The lowest BCUT2D eigenvalue weighted by Gasteiger charge is -2.27. The second-order valence-electron chi connectivity index (χ2n) is 7.35. The highest BCUT2D eigenvalue weighted by Gasteiger charge is 2.38. The SMILES string of the molecule is COc1ccc(Cl)cc1N1C[C@H](C(=O)OCC(=O)N[C@](C)(C#N)C(C)C)CC1=O. The minimum absolute atomic E-state index is 0.0436. The minimum Gasteiger partial charge on any atom is -0.495 e. The van der Waals surface area contributed by atoms with E-state index in [9.17, 15) is 19.6 Å². The molecule has 0 unspecified atom stereocenters. The molecule has 29 heavy (non-hydrogen) atoms. The third-order valence-corrected chi connectivity index (χ3v) is 5.26. The lowest BCUT2D eigenvalue weighted by Crippen LogP contribution is -2.50. The first-order chi connectivity index (χ1) is 13.6. The maximum absolute atomic E-state index is 12.4. The highest BCUT2D eigenvalue weighted by molar-refractivity contribution is 6.31. The summed E-state index contributed by atoms with van der Waals surface area (Å²) in [7, 11) is 1.48. The van der Waals surface area contributed by atoms with Crippen LogP contribution in [0, 0.1) is 23.2 Å². The van der Waals surface area contributed by atoms with Crippen LogP contribution in [-0.4, -0.2) is 43.6 Å². The van der Waals surface area contributed by atoms with Crippen LogP contribution in [0.1, 0.15) is 27.2 Å². The Morgan fingerprint density at radius 1 is 1.45 bits per heavy atom. The largest absolute Gasteiger partial charge is 0.495 e. The summed E-state index contributed by atoms with van der Waals surface area (Å²) in [6.07, 6.45) is -0.0436. The van der Waals surface area contributed by atoms with Crippen LogP contribution < -0.4 is 15.0 Å². The van der Waals surface area contributed by atoms with Crippen molar-refractivity contribution in [3.8, 4) is 11.8 Å². The predicted octanol–water partition coefficient (Wildman–Crippen LogP) is 2.30. The van der Waals surface area contributed by atoms with Gasteiger partial charge in [0.05, 0.1) is 24.8 Å². The molecular formula is C20H24ClN3O5. The third-order valence-electron chi connectivity index (χ3n) is 5.02. The van der Waals surface area contributed by atoms with Crippen molar-refractivity contribution in [1.82, 2.24) is 5.32 Å². The topological polar surface area (TPSA) is 109 Å². The van der Waals surface area contributed by atoms with E-state index in [2.05, 4.69) is 11.4 Å². The zero-order valence-corrected chi connectivity index (χ0v) is 17.6. The van der Waals surface area contributed by atoms with Crippen LogP contribution >= 0.6 is 11.6 Å². The van der Waals surface area contributed by atoms with Gasteiger partial charge in [0.25, 0.3) is 5.91 Å². The number of carbonyl (C=O) groups excluding carboxylic acids is 3. The number of methoxy groups -OCH3 is 1. The predicted molar refractivity (Wildman–Crippen MR) is 106 cm³/mol. The molecule has 2 atom stereocenters. The van der Waals surface area contributed by atoms with Crippen LogP contribution in [0.4, 0.5) is 5.69 Å². The molecule has 2 rings (SSSR count). The molecule has 1 heterocycles. The van der Waals surface area contributed by atoms with E-state index in [0.29, 0.717) is 16.5 Å². The van der Waals surface area contributed by atoms with Gasteiger partial charge in [-0.3, -0.25) is 14.4 Å². The third kappa shape index (κ3) is 5.18. The molecule has 156 valence electrons. The van der Waals surface area contributed by atoms with E-state index in [0.717, 1.165) is 0 Å². The van der Waals surface area contributed by atoms with Gasteiger partial charge >= 0.3 is 5.97 Å². The quantitative estimate of drug-likeness (QED) is 0.676. The van der Waals surface area contributed by atoms with Crippen molar-refractivity contribution in [3.05, 3.63) is 23.2 Å². The number of hydrogen-bond donors (Lipinski definition) is 1. The number of esters is 1. The normalized spacial score (nSPS) is 18.2. The lowest BCUT2D eigenvalue weighted by molar-refractivity contribution is -0.152. The van der Waals surface area contributed by atoms with E-state index >= 15 is 0 Å². The van der Waals surface area contributed by atoms with Crippen molar-refractivity contribution < 1.29 is 23.9 Å². The van der Waals surface area contributed by atoms with Gasteiger partial charge in [0.2, 0.25) is 5.91 Å². The molecule has 0 spiro atoms. The van der Waals surface area contributed by atoms with Gasteiger partial charge in [-0.2, -0.15) is 5.26 Å². The van der Waals surface area contributed by atoms with E-state index in [1.807, 2.05) is 0 Å². The Kier molecular flexibility index (Phi) is 7.09. The van der Waals surface area contributed by atoms with Crippen LogP contribution in [0.2, 0.25) is 5.02 Å². The average Bonchev–Trinajstić information content (AvgIpc) is 3.07. The van der Waals surface area contributed by atoms with Crippen LogP contribution in [-0.2, 0) is 19.1 Å². The standard InChI is InChI=1S/C20H24ClN3O5/c1-12(2)20(3,11-22)23-17(25)10-29-19(27)13-7-18(26)24(9-13)15-8-14(21)5-6-16(15)28-4/h5-6,8,12-13H,7,9-10H2,1-4H3,(H,23,25)/t13-,20-/m1/s1. The molecule has 9 heteroatoms. The molecule has 1 saturated heterocycles. The number of nitrogens with one attached hydrogen (secondary N) is 1. The molecule has 2 amide bonds. The zero-order valence-electron chi connectivity index (χ0n) is 16.8. The number of amides is 2. The Morgan fingerprint density at radius 3 is 2.72 bits per heavy atom. The Bertz CT molecular complexity index is 851. The number of nitrogens with zero attached hydrogens (tertiary/aromatic N) is 2. The molecule has 0 bridgehead atoms. The maximum atomic E-state index is 12.4. The molecule has 0 saturated carbocycles. The summed E-state index contributed by atoms with van der Waals surface area (Å²) in [5.74, 6) is -1.88. The minimum atomic E-state index is -1.06. The van der Waals surface area contributed by atoms with E-state index in [1.165, 1.54) is 12.0 Å². The number of rotatable bonds is 7. The van der Waals surface area contributed by atoms with Gasteiger partial charge in [-0.25, -0.2) is 0 Å². The average molecular weight is 422 g/mol. The first-order valence-corrected chi connectivity index (χ1v) is 9.52. The van der Waals surface area contributed by atoms with Crippen molar-refractivity contribution >= 4 is 35.1 Å². The monoisotopic (exact) mass is 421 g/mol. The summed E-state index contributed by atoms with van der Waals surface area (Å²) in [5.41, 5.74) is -0.591. The van der Waals surface area contributed by atoms with E-state index in [1.54, 1.807) is 39.0 Å². The van der Waals surface area contributed by atoms with Gasteiger partial charge in [-0.1, -0.05) is 25.4 Å². The molecule has 1 N–H and O–H groups in total. The van der Waals surface area contributed by atoms with Gasteiger partial charge in [0.15, 0.2) is 6.61 Å². The molecule has 1 aliphatic rings. The first kappa shape index (κ1) is 22.5. The zero-order chi connectivity index (χ0) is 21.8. The van der Waals surface area contributed by atoms with Crippen LogP contribution in [0.5, 0.6) is 5.75 Å². The second kappa shape index (κ2) is 9.14. The summed E-state index contributed by atoms with van der Waals surface area (Å²) in [6, 6.07) is 6.92. The van der Waals surface area contributed by atoms with E-state index in [4.69, 9.17) is 21.1 Å². The summed E-state index contributed by atoms with van der Waals surface area (Å²) >= 11 is 6.02. The number of carbonyl (C=O) groups is 3. The summed E-state index contributed by atoms with van der Waals surface area (Å²) in [6.45, 7) is 4.78. The van der Waals surface area contributed by atoms with Gasteiger partial charge in [0, 0.05) is 18.0 Å². The molecule has 1 fully saturated rings. The number of halogens is 1. The molecule has 1 aromatic rings. The van der Waals surface area contributed by atoms with Gasteiger partial charge in [-0.05, 0) is 31.0 Å². The smallest absolute Gasteiger partial charge is 0.311 e. The first-order valence-electron chi connectivity index (χ1n) is 9.14. The number of hydrogen-bond acceptors (Lipinski definition) is 6. The van der Waals surface area contributed by atoms with Crippen molar-refractivity contribution in [1.29, 1.82) is 5.26 Å². The molecule has 8 nitrogen and oxygen atoms in total. The van der Waals surface area contributed by atoms with Crippen molar-refractivity contribution in [2.45, 2.75) is 32.7 Å². The molecule has 0 radical (unpaired) electrons. The van der Waals surface area contributed by atoms with Crippen molar-refractivity contribution in [2.75, 3.05) is 25.2 Å². The van der Waals surface area contributed by atoms with Gasteiger partial charge < -0.3 is 19.7 Å². The highest BCUT2D eigenvalue weighted by atomic mass is 35.5. The summed E-state index contributed by atoms with van der Waals surface area (Å²) in [5, 5.41) is 12.2. The van der Waals surface area contributed by atoms with Crippen molar-refractivity contribution in [2.24, 2.45) is 11.8 Å². The number of benzene rings is 1. The maximum Gasteiger partial charge on any atom is 0.311 e. The number of anilines is 1. The fourth-order valence-corrected chi connectivity index (χ4v) is 3.02. The summed E-state index contributed by atoms with van der Waals surface area (Å²) in [4.78, 5) is 38.3. The van der Waals surface area contributed by atoms with E-state index in [-0.39, 0.29) is 24.8 Å². The van der Waals surface area contributed by atoms with Crippen LogP contribution in [0.25, 0.3) is 0 Å². The lowest BCUT2D eigenvalue weighted by atomic mass is 9.90. The van der Waals surface area contributed by atoms with E-state index < -0.39 is 29.9 Å².